The first-order chi connectivity index (χ1) is 7.88. The highest BCUT2D eigenvalue weighted by atomic mass is 15.3. The van der Waals surface area contributed by atoms with E-state index in [0.717, 1.165) is 0 Å². The van der Waals surface area contributed by atoms with Crippen LogP contribution in [-0.4, -0.2) is 49.1 Å². The molecular formula is C14H21N2. The molecule has 1 saturated heterocycles. The normalized spacial score (nSPS) is 18.8. The molecule has 2 nitrogen and oxygen atoms in total. The first kappa shape index (κ1) is 11.6. The predicted octanol–water partition coefficient (Wildman–Crippen LogP) is 1.67. The van der Waals surface area contributed by atoms with Crippen molar-refractivity contribution in [2.24, 2.45) is 0 Å². The van der Waals surface area contributed by atoms with Gasteiger partial charge in [-0.1, -0.05) is 31.2 Å². The number of hydrogen-bond acceptors (Lipinski definition) is 2. The average Bonchev–Trinajstić information content (AvgIpc) is 2.38. The second-order valence-electron chi connectivity index (χ2n) is 4.43. The van der Waals surface area contributed by atoms with Crippen molar-refractivity contribution >= 4 is 0 Å². The third-order valence-corrected chi connectivity index (χ3v) is 3.42. The topological polar surface area (TPSA) is 6.48 Å². The quantitative estimate of drug-likeness (QED) is 0.757. The summed E-state index contributed by atoms with van der Waals surface area (Å²) in [6.07, 6.45) is 1.17. The fraction of sp³-hybridized carbons (Fsp3) is 0.571. The van der Waals surface area contributed by atoms with Crippen LogP contribution in [0.1, 0.15) is 12.5 Å². The van der Waals surface area contributed by atoms with Gasteiger partial charge in [-0.15, -0.1) is 0 Å². The molecule has 0 N–H and O–H groups in total. The third-order valence-electron chi connectivity index (χ3n) is 3.42. The maximum absolute atomic E-state index is 3.06. The van der Waals surface area contributed by atoms with Crippen LogP contribution in [0, 0.1) is 6.07 Å². The predicted molar refractivity (Wildman–Crippen MR) is 67.5 cm³/mol. The Balaban J connectivity index is 1.72. The molecule has 1 aromatic carbocycles. The van der Waals surface area contributed by atoms with E-state index >= 15 is 0 Å². The molecule has 0 aliphatic carbocycles. The Labute approximate surface area is 98.9 Å². The summed E-state index contributed by atoms with van der Waals surface area (Å²) in [5.74, 6) is 0. The van der Waals surface area contributed by atoms with Crippen LogP contribution in [0.3, 0.4) is 0 Å². The van der Waals surface area contributed by atoms with Crippen LogP contribution in [0.5, 0.6) is 0 Å². The minimum absolute atomic E-state index is 1.17. The van der Waals surface area contributed by atoms with Crippen molar-refractivity contribution in [3.05, 3.63) is 35.9 Å². The van der Waals surface area contributed by atoms with Gasteiger partial charge in [0.25, 0.3) is 0 Å². The molecule has 2 rings (SSSR count). The lowest BCUT2D eigenvalue weighted by atomic mass is 10.1. The zero-order valence-corrected chi connectivity index (χ0v) is 10.2. The highest BCUT2D eigenvalue weighted by Crippen LogP contribution is 2.04. The van der Waals surface area contributed by atoms with Crippen LogP contribution >= 0.6 is 0 Å². The van der Waals surface area contributed by atoms with Gasteiger partial charge in [0.15, 0.2) is 0 Å². The number of nitrogens with zero attached hydrogens (tertiary/aromatic N) is 2. The summed E-state index contributed by atoms with van der Waals surface area (Å²) in [5.41, 5.74) is 1.43. The summed E-state index contributed by atoms with van der Waals surface area (Å²) in [6, 6.07) is 11.4. The molecule has 16 heavy (non-hydrogen) atoms. The van der Waals surface area contributed by atoms with Crippen molar-refractivity contribution in [1.82, 2.24) is 9.80 Å². The van der Waals surface area contributed by atoms with E-state index in [1.54, 1.807) is 0 Å². The largest absolute Gasteiger partial charge is 0.301 e. The first-order valence-electron chi connectivity index (χ1n) is 6.28. The van der Waals surface area contributed by atoms with Gasteiger partial charge in [-0.25, -0.2) is 0 Å². The van der Waals surface area contributed by atoms with Gasteiger partial charge in [-0.3, -0.25) is 0 Å². The van der Waals surface area contributed by atoms with Crippen LogP contribution in [0.15, 0.2) is 24.3 Å². The fourth-order valence-corrected chi connectivity index (χ4v) is 2.20. The third kappa shape index (κ3) is 3.32. The van der Waals surface area contributed by atoms with Gasteiger partial charge in [-0.05, 0) is 24.6 Å². The van der Waals surface area contributed by atoms with Crippen molar-refractivity contribution < 1.29 is 0 Å². The van der Waals surface area contributed by atoms with Gasteiger partial charge >= 0.3 is 0 Å². The summed E-state index contributed by atoms with van der Waals surface area (Å²) >= 11 is 0. The molecule has 1 fully saturated rings. The number of rotatable bonds is 4. The van der Waals surface area contributed by atoms with Gasteiger partial charge in [0.2, 0.25) is 0 Å². The first-order valence-corrected chi connectivity index (χ1v) is 6.28. The van der Waals surface area contributed by atoms with Crippen LogP contribution in [0.2, 0.25) is 0 Å². The van der Waals surface area contributed by atoms with Crippen LogP contribution in [0.4, 0.5) is 0 Å². The highest BCUT2D eigenvalue weighted by Gasteiger charge is 2.14. The standard InChI is InChI=1S/C14H21N2/c1-2-15-10-12-16(13-11-15)9-8-14-6-4-3-5-7-14/h4-7H,2,8-13H2,1H3. The van der Waals surface area contributed by atoms with E-state index in [1.807, 2.05) is 12.1 Å². The molecule has 1 aliphatic rings. The second kappa shape index (κ2) is 6.02. The zero-order valence-electron chi connectivity index (χ0n) is 10.2. The summed E-state index contributed by atoms with van der Waals surface area (Å²) in [7, 11) is 0. The van der Waals surface area contributed by atoms with E-state index < -0.39 is 0 Å². The van der Waals surface area contributed by atoms with Gasteiger partial charge in [0, 0.05) is 32.7 Å². The Hall–Kier alpha value is -0.860. The molecule has 2 heteroatoms. The summed E-state index contributed by atoms with van der Waals surface area (Å²) < 4.78 is 0. The monoisotopic (exact) mass is 217 g/mol. The van der Waals surface area contributed by atoms with E-state index in [9.17, 15) is 0 Å². The van der Waals surface area contributed by atoms with Crippen molar-refractivity contribution in [2.75, 3.05) is 39.3 Å². The van der Waals surface area contributed by atoms with Crippen LogP contribution in [-0.2, 0) is 6.42 Å². The summed E-state index contributed by atoms with van der Waals surface area (Å²) in [4.78, 5) is 5.09. The van der Waals surface area contributed by atoms with E-state index in [0.29, 0.717) is 0 Å². The lowest BCUT2D eigenvalue weighted by Crippen LogP contribution is -2.46. The molecule has 0 aromatic heterocycles. The van der Waals surface area contributed by atoms with Crippen LogP contribution < -0.4 is 0 Å². The van der Waals surface area contributed by atoms with Crippen LogP contribution in [0.25, 0.3) is 0 Å². The van der Waals surface area contributed by atoms with Gasteiger partial charge < -0.3 is 9.80 Å². The molecule has 0 saturated carbocycles. The number of piperazine rings is 1. The Morgan fingerprint density at radius 3 is 2.31 bits per heavy atom. The number of hydrogen-bond donors (Lipinski definition) is 0. The maximum Gasteiger partial charge on any atom is 0.0110 e. The molecule has 0 spiro atoms. The van der Waals surface area contributed by atoms with Crippen molar-refractivity contribution in [3.8, 4) is 0 Å². The van der Waals surface area contributed by atoms with Gasteiger partial charge in [0.1, 0.15) is 0 Å². The minimum Gasteiger partial charge on any atom is -0.301 e. The summed E-state index contributed by atoms with van der Waals surface area (Å²) in [6.45, 7) is 9.57. The summed E-state index contributed by atoms with van der Waals surface area (Å²) in [5, 5.41) is 0. The van der Waals surface area contributed by atoms with Gasteiger partial charge in [0.05, 0.1) is 0 Å². The number of benzene rings is 1. The minimum atomic E-state index is 1.17. The second-order valence-corrected chi connectivity index (χ2v) is 4.43. The molecule has 1 aliphatic heterocycles. The molecule has 0 bridgehead atoms. The lowest BCUT2D eigenvalue weighted by Gasteiger charge is -2.33. The smallest absolute Gasteiger partial charge is 0.0110 e. The SMILES string of the molecule is CCN1CCN(CCc2cc[c]cc2)CC1. The molecule has 0 amide bonds. The van der Waals surface area contributed by atoms with E-state index in [4.69, 9.17) is 0 Å². The Morgan fingerprint density at radius 1 is 1.06 bits per heavy atom. The molecule has 87 valence electrons. The molecule has 0 unspecified atom stereocenters. The molecule has 0 atom stereocenters. The van der Waals surface area contributed by atoms with E-state index in [2.05, 4.69) is 34.9 Å². The Bertz CT molecular complexity index is 289. The number of likely N-dealkylation sites (N-methyl/N-ethyl adjacent to an activating group) is 1. The maximum atomic E-state index is 3.06. The molecule has 1 heterocycles. The molecule has 1 aromatic rings. The Kier molecular flexibility index (Phi) is 4.37. The van der Waals surface area contributed by atoms with Crippen molar-refractivity contribution in [1.29, 1.82) is 0 Å². The van der Waals surface area contributed by atoms with Crippen molar-refractivity contribution in [3.63, 3.8) is 0 Å². The highest BCUT2D eigenvalue weighted by molar-refractivity contribution is 5.14. The van der Waals surface area contributed by atoms with Crippen molar-refractivity contribution in [2.45, 2.75) is 13.3 Å². The van der Waals surface area contributed by atoms with E-state index in [1.165, 1.54) is 51.3 Å². The van der Waals surface area contributed by atoms with E-state index in [-0.39, 0.29) is 0 Å². The fourth-order valence-electron chi connectivity index (χ4n) is 2.20. The Morgan fingerprint density at radius 2 is 1.69 bits per heavy atom. The average molecular weight is 217 g/mol. The zero-order chi connectivity index (χ0) is 11.2. The molecular weight excluding hydrogens is 196 g/mol. The van der Waals surface area contributed by atoms with Gasteiger partial charge in [-0.2, -0.15) is 0 Å². The lowest BCUT2D eigenvalue weighted by molar-refractivity contribution is 0.138. The molecule has 1 radical (unpaired) electrons.